The summed E-state index contributed by atoms with van der Waals surface area (Å²) in [6.07, 6.45) is 1.87. The molecule has 2 nitrogen and oxygen atoms in total. The van der Waals surface area contributed by atoms with Crippen LogP contribution in [-0.2, 0) is 9.98 Å². The Labute approximate surface area is 184 Å². The van der Waals surface area contributed by atoms with Gasteiger partial charge in [-0.3, -0.25) is 4.98 Å². The van der Waals surface area contributed by atoms with E-state index in [1.54, 1.807) is 0 Å². The van der Waals surface area contributed by atoms with Crippen molar-refractivity contribution < 1.29 is 4.57 Å². The summed E-state index contributed by atoms with van der Waals surface area (Å²) in [6.45, 7) is 10.9. The third-order valence-corrected chi connectivity index (χ3v) is 10.2. The quantitative estimate of drug-likeness (QED) is 0.327. The highest BCUT2D eigenvalue weighted by Crippen LogP contribution is 2.58. The minimum Gasteiger partial charge on any atom is -0.313 e. The van der Waals surface area contributed by atoms with Crippen LogP contribution in [0.3, 0.4) is 0 Å². The summed E-state index contributed by atoms with van der Waals surface area (Å²) in [6, 6.07) is 23.2. The predicted molar refractivity (Wildman–Crippen MR) is 133 cm³/mol. The van der Waals surface area contributed by atoms with Crippen molar-refractivity contribution in [3.8, 4) is 22.4 Å². The number of pyridine rings is 1. The molecule has 4 aromatic rings. The SMILES string of the molecule is CC(C)P1(=O)c2ccccc2-c2ccnc(-c3cc(C(C)(C)C)c4ccccc4c3)c21. The van der Waals surface area contributed by atoms with Gasteiger partial charge in [-0.15, -0.1) is 0 Å². The van der Waals surface area contributed by atoms with E-state index in [-0.39, 0.29) is 11.1 Å². The fraction of sp³-hybridized carbons (Fsp3) is 0.250. The maximum absolute atomic E-state index is 14.7. The van der Waals surface area contributed by atoms with E-state index < -0.39 is 7.14 Å². The van der Waals surface area contributed by atoms with Crippen molar-refractivity contribution in [2.75, 3.05) is 0 Å². The van der Waals surface area contributed by atoms with Gasteiger partial charge >= 0.3 is 0 Å². The highest BCUT2D eigenvalue weighted by molar-refractivity contribution is 7.80. The van der Waals surface area contributed by atoms with Gasteiger partial charge in [0.25, 0.3) is 0 Å². The molecule has 1 aromatic heterocycles. The number of aromatic nitrogens is 1. The third-order valence-electron chi connectivity index (χ3n) is 6.48. The summed E-state index contributed by atoms with van der Waals surface area (Å²) in [4.78, 5) is 4.84. The molecule has 0 N–H and O–H groups in total. The van der Waals surface area contributed by atoms with E-state index in [2.05, 4.69) is 77.1 Å². The first-order chi connectivity index (χ1) is 14.7. The molecule has 1 aliphatic heterocycles. The van der Waals surface area contributed by atoms with Gasteiger partial charge < -0.3 is 4.57 Å². The average molecular weight is 426 g/mol. The highest BCUT2D eigenvalue weighted by atomic mass is 31.2. The molecule has 1 aliphatic rings. The Morgan fingerprint density at radius 1 is 0.871 bits per heavy atom. The van der Waals surface area contributed by atoms with Crippen molar-refractivity contribution in [2.45, 2.75) is 45.7 Å². The summed E-state index contributed by atoms with van der Waals surface area (Å²) < 4.78 is 14.7. The van der Waals surface area contributed by atoms with Crippen LogP contribution in [0.15, 0.2) is 72.9 Å². The van der Waals surface area contributed by atoms with E-state index in [9.17, 15) is 4.57 Å². The molecule has 5 rings (SSSR count). The molecular formula is C28H28NOP. The van der Waals surface area contributed by atoms with Crippen molar-refractivity contribution in [3.63, 3.8) is 0 Å². The first-order valence-electron chi connectivity index (χ1n) is 11.0. The van der Waals surface area contributed by atoms with Gasteiger partial charge in [0.15, 0.2) is 0 Å². The van der Waals surface area contributed by atoms with E-state index in [0.29, 0.717) is 0 Å². The molecule has 0 radical (unpaired) electrons. The van der Waals surface area contributed by atoms with E-state index in [1.807, 2.05) is 30.5 Å². The van der Waals surface area contributed by atoms with E-state index in [1.165, 1.54) is 16.3 Å². The lowest BCUT2D eigenvalue weighted by Gasteiger charge is -2.24. The molecule has 0 spiro atoms. The molecule has 0 amide bonds. The minimum atomic E-state index is -2.80. The summed E-state index contributed by atoms with van der Waals surface area (Å²) in [5.41, 5.74) is 5.36. The molecule has 0 saturated heterocycles. The molecule has 31 heavy (non-hydrogen) atoms. The van der Waals surface area contributed by atoms with Gasteiger partial charge in [-0.05, 0) is 51.1 Å². The Morgan fingerprint density at radius 3 is 2.32 bits per heavy atom. The van der Waals surface area contributed by atoms with Crippen LogP contribution in [0.1, 0.15) is 40.2 Å². The van der Waals surface area contributed by atoms with Gasteiger partial charge in [-0.25, -0.2) is 0 Å². The smallest absolute Gasteiger partial charge is 0.149 e. The fourth-order valence-electron chi connectivity index (χ4n) is 4.93. The van der Waals surface area contributed by atoms with Crippen LogP contribution in [0.5, 0.6) is 0 Å². The Bertz CT molecular complexity index is 1380. The van der Waals surface area contributed by atoms with Crippen molar-refractivity contribution in [2.24, 2.45) is 0 Å². The van der Waals surface area contributed by atoms with Crippen LogP contribution in [0.25, 0.3) is 33.2 Å². The first kappa shape index (κ1) is 20.2. The summed E-state index contributed by atoms with van der Waals surface area (Å²) in [5, 5.41) is 4.37. The number of rotatable bonds is 2. The van der Waals surface area contributed by atoms with Crippen LogP contribution in [-0.4, -0.2) is 10.6 Å². The molecule has 0 saturated carbocycles. The Hall–Kier alpha value is -2.70. The third kappa shape index (κ3) is 2.92. The van der Waals surface area contributed by atoms with Gasteiger partial charge in [-0.1, -0.05) is 83.1 Å². The molecule has 3 aromatic carbocycles. The first-order valence-corrected chi connectivity index (χ1v) is 12.7. The second kappa shape index (κ2) is 6.90. The van der Waals surface area contributed by atoms with Crippen LogP contribution >= 0.6 is 7.14 Å². The van der Waals surface area contributed by atoms with Gasteiger partial charge in [0.2, 0.25) is 0 Å². The monoisotopic (exact) mass is 425 g/mol. The summed E-state index contributed by atoms with van der Waals surface area (Å²) in [7, 11) is -2.80. The second-order valence-corrected chi connectivity index (χ2v) is 13.1. The van der Waals surface area contributed by atoms with Crippen molar-refractivity contribution in [1.82, 2.24) is 4.98 Å². The van der Waals surface area contributed by atoms with Crippen molar-refractivity contribution >= 4 is 28.5 Å². The van der Waals surface area contributed by atoms with Crippen molar-refractivity contribution in [3.05, 3.63) is 78.5 Å². The van der Waals surface area contributed by atoms with Gasteiger partial charge in [0, 0.05) is 22.7 Å². The van der Waals surface area contributed by atoms with Crippen LogP contribution in [0, 0.1) is 0 Å². The Kier molecular flexibility index (Phi) is 4.50. The minimum absolute atomic E-state index is 0.0143. The lowest BCUT2D eigenvalue weighted by molar-refractivity contribution is 0.582. The zero-order valence-corrected chi connectivity index (χ0v) is 19.7. The molecule has 156 valence electrons. The number of nitrogens with zero attached hydrogens (tertiary/aromatic N) is 1. The molecule has 0 aliphatic carbocycles. The van der Waals surface area contributed by atoms with Gasteiger partial charge in [-0.2, -0.15) is 0 Å². The number of hydrogen-bond acceptors (Lipinski definition) is 2. The van der Waals surface area contributed by atoms with Gasteiger partial charge in [0.1, 0.15) is 7.14 Å². The zero-order chi connectivity index (χ0) is 22.0. The molecule has 0 bridgehead atoms. The number of fused-ring (bicyclic) bond motifs is 4. The molecule has 3 heteroatoms. The van der Waals surface area contributed by atoms with E-state index in [0.717, 1.165) is 33.0 Å². The Morgan fingerprint density at radius 2 is 1.58 bits per heavy atom. The molecular weight excluding hydrogens is 397 g/mol. The van der Waals surface area contributed by atoms with E-state index >= 15 is 0 Å². The normalized spacial score (nSPS) is 17.7. The average Bonchev–Trinajstić information content (AvgIpc) is 3.03. The maximum Gasteiger partial charge on any atom is 0.149 e. The van der Waals surface area contributed by atoms with Crippen LogP contribution in [0.4, 0.5) is 0 Å². The molecule has 2 heterocycles. The molecule has 0 fully saturated rings. The largest absolute Gasteiger partial charge is 0.313 e. The zero-order valence-electron chi connectivity index (χ0n) is 18.8. The predicted octanol–water partition coefficient (Wildman–Crippen LogP) is 6.90. The van der Waals surface area contributed by atoms with E-state index in [4.69, 9.17) is 4.98 Å². The highest BCUT2D eigenvalue weighted by Gasteiger charge is 2.43. The second-order valence-electron chi connectivity index (χ2n) is 9.82. The van der Waals surface area contributed by atoms with Crippen LogP contribution < -0.4 is 10.6 Å². The summed E-state index contributed by atoms with van der Waals surface area (Å²) in [5.74, 6) is 0. The van der Waals surface area contributed by atoms with Crippen molar-refractivity contribution in [1.29, 1.82) is 0 Å². The number of benzene rings is 3. The fourth-order valence-corrected chi connectivity index (χ4v) is 8.16. The lowest BCUT2D eigenvalue weighted by atomic mass is 9.82. The topological polar surface area (TPSA) is 30.0 Å². The number of hydrogen-bond donors (Lipinski definition) is 0. The van der Waals surface area contributed by atoms with Gasteiger partial charge in [0.05, 0.1) is 11.0 Å². The maximum atomic E-state index is 14.7. The Balaban J connectivity index is 1.87. The summed E-state index contributed by atoms with van der Waals surface area (Å²) >= 11 is 0. The molecule has 1 unspecified atom stereocenters. The standard InChI is InChI=1S/C28H28NOP/c1-18(2)31(30)25-13-9-8-12-22(25)23-14-15-29-26(27(23)31)20-16-19-10-6-7-11-21(19)24(17-20)28(3,4)5/h6-18H,1-5H3. The molecule has 1 atom stereocenters. The van der Waals surface area contributed by atoms with Crippen LogP contribution in [0.2, 0.25) is 0 Å². The lowest BCUT2D eigenvalue weighted by Crippen LogP contribution is -2.20.